The van der Waals surface area contributed by atoms with Gasteiger partial charge in [0.2, 0.25) is 0 Å². The molecule has 0 saturated heterocycles. The van der Waals surface area contributed by atoms with Gasteiger partial charge in [0, 0.05) is 15.7 Å². The molecular weight excluding hydrogens is 384 g/mol. The maximum absolute atomic E-state index is 12.2. The first-order chi connectivity index (χ1) is 11.1. The summed E-state index contributed by atoms with van der Waals surface area (Å²) in [4.78, 5) is 24.2. The molecule has 0 atom stereocenters. The van der Waals surface area contributed by atoms with Crippen molar-refractivity contribution in [2.45, 2.75) is 5.88 Å². The molecule has 6 heteroatoms. The van der Waals surface area contributed by atoms with Gasteiger partial charge in [0.05, 0.1) is 0 Å². The van der Waals surface area contributed by atoms with Crippen LogP contribution < -0.4 is 10.4 Å². The highest BCUT2D eigenvalue weighted by atomic mass is 79.9. The van der Waals surface area contributed by atoms with Crippen molar-refractivity contribution >= 4 is 44.5 Å². The molecule has 0 bridgehead atoms. The van der Waals surface area contributed by atoms with Crippen LogP contribution in [0.3, 0.4) is 0 Å². The van der Waals surface area contributed by atoms with Crippen LogP contribution in [-0.4, -0.2) is 5.97 Å². The molecular formula is C17H10BrClO4. The maximum atomic E-state index is 12.2. The molecule has 0 aliphatic rings. The van der Waals surface area contributed by atoms with E-state index in [-0.39, 0.29) is 5.56 Å². The summed E-state index contributed by atoms with van der Waals surface area (Å²) in [5.41, 5.74) is 0.350. The second-order valence-electron chi connectivity index (χ2n) is 4.80. The molecule has 0 saturated carbocycles. The topological polar surface area (TPSA) is 56.5 Å². The summed E-state index contributed by atoms with van der Waals surface area (Å²) in [6, 6.07) is 13.4. The summed E-state index contributed by atoms with van der Waals surface area (Å²) >= 11 is 9.08. The summed E-state index contributed by atoms with van der Waals surface area (Å²) in [5, 5.41) is 0.615. The fourth-order valence-electron chi connectivity index (χ4n) is 2.09. The van der Waals surface area contributed by atoms with Crippen LogP contribution in [0.1, 0.15) is 15.9 Å². The van der Waals surface area contributed by atoms with E-state index in [2.05, 4.69) is 15.9 Å². The third-order valence-corrected chi connectivity index (χ3v) is 3.98. The minimum Gasteiger partial charge on any atom is -0.423 e. The van der Waals surface area contributed by atoms with Crippen LogP contribution in [0.5, 0.6) is 5.75 Å². The fourth-order valence-corrected chi connectivity index (χ4v) is 2.64. The van der Waals surface area contributed by atoms with Gasteiger partial charge in [-0.15, -0.1) is 11.6 Å². The average molecular weight is 394 g/mol. The van der Waals surface area contributed by atoms with Crippen molar-refractivity contribution in [1.82, 2.24) is 0 Å². The quantitative estimate of drug-likeness (QED) is 0.284. The molecule has 0 aliphatic carbocycles. The van der Waals surface area contributed by atoms with Crippen LogP contribution in [0.2, 0.25) is 0 Å². The van der Waals surface area contributed by atoms with Crippen molar-refractivity contribution in [3.63, 3.8) is 0 Å². The fraction of sp³-hybridized carbons (Fsp3) is 0.0588. The first kappa shape index (κ1) is 15.8. The van der Waals surface area contributed by atoms with Gasteiger partial charge in [-0.3, -0.25) is 0 Å². The lowest BCUT2D eigenvalue weighted by atomic mass is 10.1. The van der Waals surface area contributed by atoms with E-state index in [9.17, 15) is 9.59 Å². The molecule has 1 heterocycles. The van der Waals surface area contributed by atoms with Crippen molar-refractivity contribution in [3.05, 3.63) is 74.6 Å². The second kappa shape index (κ2) is 6.56. The Morgan fingerprint density at radius 1 is 1.17 bits per heavy atom. The summed E-state index contributed by atoms with van der Waals surface area (Å²) < 4.78 is 11.1. The third-order valence-electron chi connectivity index (χ3n) is 3.18. The van der Waals surface area contributed by atoms with Crippen LogP contribution in [0.15, 0.2) is 62.2 Å². The summed E-state index contributed by atoms with van der Waals surface area (Å²) in [6.07, 6.45) is 0. The molecule has 1 aromatic heterocycles. The normalized spacial score (nSPS) is 10.7. The van der Waals surface area contributed by atoms with Crippen molar-refractivity contribution in [2.75, 3.05) is 0 Å². The highest BCUT2D eigenvalue weighted by Gasteiger charge is 2.16. The Kier molecular flexibility index (Phi) is 4.50. The largest absolute Gasteiger partial charge is 0.423 e. The predicted molar refractivity (Wildman–Crippen MR) is 91.1 cm³/mol. The lowest BCUT2D eigenvalue weighted by Gasteiger charge is -2.05. The van der Waals surface area contributed by atoms with Gasteiger partial charge in [-0.1, -0.05) is 28.1 Å². The Morgan fingerprint density at radius 3 is 2.74 bits per heavy atom. The van der Waals surface area contributed by atoms with Gasteiger partial charge in [-0.2, -0.15) is 0 Å². The van der Waals surface area contributed by atoms with Gasteiger partial charge in [0.25, 0.3) is 0 Å². The van der Waals surface area contributed by atoms with Crippen molar-refractivity contribution in [1.29, 1.82) is 0 Å². The average Bonchev–Trinajstić information content (AvgIpc) is 2.53. The number of benzene rings is 2. The van der Waals surface area contributed by atoms with Gasteiger partial charge in [-0.25, -0.2) is 9.59 Å². The SMILES string of the molecule is O=C(Oc1cccc(Br)c1)c1cc2cc(CCl)ccc2oc1=O. The molecule has 4 nitrogen and oxygen atoms in total. The van der Waals surface area contributed by atoms with Gasteiger partial charge < -0.3 is 9.15 Å². The standard InChI is InChI=1S/C17H10BrClO4/c18-12-2-1-3-13(8-12)22-16(20)14-7-11-6-10(9-19)4-5-15(11)23-17(14)21/h1-8H,9H2. The van der Waals surface area contributed by atoms with Crippen molar-refractivity contribution < 1.29 is 13.9 Å². The highest BCUT2D eigenvalue weighted by Crippen LogP contribution is 2.20. The first-order valence-corrected chi connectivity index (χ1v) is 8.00. The minimum absolute atomic E-state index is 0.163. The molecule has 2 aromatic carbocycles. The maximum Gasteiger partial charge on any atom is 0.351 e. The van der Waals surface area contributed by atoms with Crippen LogP contribution in [0, 0.1) is 0 Å². The number of esters is 1. The van der Waals surface area contributed by atoms with Crippen LogP contribution >= 0.6 is 27.5 Å². The Morgan fingerprint density at radius 2 is 2.00 bits per heavy atom. The van der Waals surface area contributed by atoms with Crippen LogP contribution in [-0.2, 0) is 5.88 Å². The molecule has 0 radical (unpaired) electrons. The third kappa shape index (κ3) is 3.46. The Hall–Kier alpha value is -2.11. The second-order valence-corrected chi connectivity index (χ2v) is 5.98. The van der Waals surface area contributed by atoms with Crippen molar-refractivity contribution in [3.8, 4) is 5.75 Å². The van der Waals surface area contributed by atoms with Gasteiger partial charge in [-0.05, 0) is 42.0 Å². The van der Waals surface area contributed by atoms with E-state index in [0.29, 0.717) is 22.6 Å². The Bertz CT molecular complexity index is 949. The van der Waals surface area contributed by atoms with Gasteiger partial charge in [0.15, 0.2) is 0 Å². The monoisotopic (exact) mass is 392 g/mol. The molecule has 116 valence electrons. The van der Waals surface area contributed by atoms with Gasteiger partial charge in [0.1, 0.15) is 16.9 Å². The van der Waals surface area contributed by atoms with E-state index < -0.39 is 11.6 Å². The van der Waals surface area contributed by atoms with E-state index in [0.717, 1.165) is 10.0 Å². The molecule has 0 N–H and O–H groups in total. The van der Waals surface area contributed by atoms with E-state index in [1.807, 2.05) is 0 Å². The number of carbonyl (C=O) groups excluding carboxylic acids is 1. The van der Waals surface area contributed by atoms with E-state index in [1.54, 1.807) is 42.5 Å². The Balaban J connectivity index is 1.99. The molecule has 23 heavy (non-hydrogen) atoms. The number of hydrogen-bond donors (Lipinski definition) is 0. The highest BCUT2D eigenvalue weighted by molar-refractivity contribution is 9.10. The van der Waals surface area contributed by atoms with Crippen LogP contribution in [0.25, 0.3) is 11.0 Å². The number of hydrogen-bond acceptors (Lipinski definition) is 4. The zero-order valence-electron chi connectivity index (χ0n) is 11.7. The molecule has 0 unspecified atom stereocenters. The predicted octanol–water partition coefficient (Wildman–Crippen LogP) is 4.51. The molecule has 3 aromatic rings. The Labute approximate surface area is 144 Å². The zero-order valence-corrected chi connectivity index (χ0v) is 14.1. The van der Waals surface area contributed by atoms with Gasteiger partial charge >= 0.3 is 11.6 Å². The molecule has 0 fully saturated rings. The number of fused-ring (bicyclic) bond motifs is 1. The summed E-state index contributed by atoms with van der Waals surface area (Å²) in [5.74, 6) is -0.110. The summed E-state index contributed by atoms with van der Waals surface area (Å²) in [6.45, 7) is 0. The van der Waals surface area contributed by atoms with Crippen LogP contribution in [0.4, 0.5) is 0 Å². The molecule has 0 spiro atoms. The number of carbonyl (C=O) groups is 1. The van der Waals surface area contributed by atoms with E-state index >= 15 is 0 Å². The zero-order chi connectivity index (χ0) is 16.4. The summed E-state index contributed by atoms with van der Waals surface area (Å²) in [7, 11) is 0. The smallest absolute Gasteiger partial charge is 0.351 e. The lowest BCUT2D eigenvalue weighted by Crippen LogP contribution is -2.18. The van der Waals surface area contributed by atoms with E-state index in [4.69, 9.17) is 20.8 Å². The molecule has 3 rings (SSSR count). The minimum atomic E-state index is -0.768. The number of ether oxygens (including phenoxy) is 1. The van der Waals surface area contributed by atoms with Crippen molar-refractivity contribution in [2.24, 2.45) is 0 Å². The first-order valence-electron chi connectivity index (χ1n) is 6.67. The van der Waals surface area contributed by atoms with E-state index in [1.165, 1.54) is 6.07 Å². The molecule has 0 aliphatic heterocycles. The lowest BCUT2D eigenvalue weighted by molar-refractivity contribution is 0.0730. The number of halogens is 2. The molecule has 0 amide bonds. The number of alkyl halides is 1. The number of rotatable bonds is 3.